The van der Waals surface area contributed by atoms with Crippen molar-refractivity contribution in [3.05, 3.63) is 28.1 Å². The number of fused-ring (bicyclic) bond motifs is 1. The van der Waals surface area contributed by atoms with Crippen molar-refractivity contribution in [3.8, 4) is 12.3 Å². The Morgan fingerprint density at radius 2 is 2.09 bits per heavy atom. The van der Waals surface area contributed by atoms with Gasteiger partial charge in [0.15, 0.2) is 4.80 Å². The number of benzene rings is 1. The third-order valence-electron chi connectivity index (χ3n) is 4.52. The highest BCUT2D eigenvalue weighted by atomic mass is 32.1. The third kappa shape index (κ3) is 3.25. The number of thiazole rings is 1. The molecule has 0 saturated heterocycles. The predicted octanol–water partition coefficient (Wildman–Crippen LogP) is 3.96. The van der Waals surface area contributed by atoms with Crippen LogP contribution < -0.4 is 4.80 Å². The molecule has 1 fully saturated rings. The Labute approximate surface area is 141 Å². The summed E-state index contributed by atoms with van der Waals surface area (Å²) in [5.41, 5.74) is 3.50. The monoisotopic (exact) mass is 326 g/mol. The Morgan fingerprint density at radius 1 is 1.35 bits per heavy atom. The molecule has 1 aliphatic rings. The Bertz CT molecular complexity index is 845. The molecule has 1 saturated carbocycles. The van der Waals surface area contributed by atoms with Gasteiger partial charge in [0.05, 0.1) is 16.8 Å². The van der Waals surface area contributed by atoms with Crippen LogP contribution in [0.4, 0.5) is 0 Å². The molecule has 4 heteroatoms. The van der Waals surface area contributed by atoms with Crippen molar-refractivity contribution in [1.82, 2.24) is 4.57 Å². The third-order valence-corrected chi connectivity index (χ3v) is 5.55. The molecule has 1 aliphatic carbocycles. The SMILES string of the molecule is C#CCn1c(=NC(=O)C2CCCCC2)sc2cc(C)cc(C)c21. The van der Waals surface area contributed by atoms with Gasteiger partial charge in [0.1, 0.15) is 0 Å². The molecule has 23 heavy (non-hydrogen) atoms. The van der Waals surface area contributed by atoms with Crippen LogP contribution in [0.25, 0.3) is 10.2 Å². The molecule has 1 heterocycles. The van der Waals surface area contributed by atoms with Crippen LogP contribution in [0.1, 0.15) is 43.2 Å². The topological polar surface area (TPSA) is 34.4 Å². The lowest BCUT2D eigenvalue weighted by molar-refractivity contribution is -0.122. The number of terminal acetylenes is 1. The van der Waals surface area contributed by atoms with E-state index in [1.54, 1.807) is 11.3 Å². The fourth-order valence-electron chi connectivity index (χ4n) is 3.45. The van der Waals surface area contributed by atoms with Crippen molar-refractivity contribution in [2.45, 2.75) is 52.5 Å². The molecule has 0 radical (unpaired) electrons. The van der Waals surface area contributed by atoms with Gasteiger partial charge in [-0.3, -0.25) is 4.79 Å². The Kier molecular flexibility index (Phi) is 4.68. The van der Waals surface area contributed by atoms with E-state index in [0.29, 0.717) is 6.54 Å². The molecular weight excluding hydrogens is 304 g/mol. The number of carbonyl (C=O) groups is 1. The van der Waals surface area contributed by atoms with Crippen LogP contribution in [-0.2, 0) is 11.3 Å². The minimum Gasteiger partial charge on any atom is -0.304 e. The lowest BCUT2D eigenvalue weighted by atomic mass is 9.89. The van der Waals surface area contributed by atoms with E-state index in [1.807, 2.05) is 4.57 Å². The molecule has 0 N–H and O–H groups in total. The average molecular weight is 326 g/mol. The predicted molar refractivity (Wildman–Crippen MR) is 95.3 cm³/mol. The summed E-state index contributed by atoms with van der Waals surface area (Å²) in [4.78, 5) is 17.7. The summed E-state index contributed by atoms with van der Waals surface area (Å²) in [6.07, 6.45) is 11.0. The van der Waals surface area contributed by atoms with E-state index in [-0.39, 0.29) is 11.8 Å². The standard InChI is InChI=1S/C19H22N2OS/c1-4-10-21-17-14(3)11-13(2)12-16(17)23-19(21)20-18(22)15-8-6-5-7-9-15/h1,11-12,15H,5-10H2,2-3H3. The largest absolute Gasteiger partial charge is 0.304 e. The van der Waals surface area contributed by atoms with E-state index in [2.05, 4.69) is 36.9 Å². The van der Waals surface area contributed by atoms with E-state index in [4.69, 9.17) is 6.42 Å². The maximum absolute atomic E-state index is 12.5. The number of amides is 1. The number of rotatable bonds is 2. The van der Waals surface area contributed by atoms with E-state index in [9.17, 15) is 4.79 Å². The minimum absolute atomic E-state index is 0.0244. The van der Waals surface area contributed by atoms with Crippen LogP contribution in [0, 0.1) is 32.1 Å². The number of aromatic nitrogens is 1. The fourth-order valence-corrected chi connectivity index (χ4v) is 4.66. The first-order valence-corrected chi connectivity index (χ1v) is 9.04. The number of aryl methyl sites for hydroxylation is 2. The summed E-state index contributed by atoms with van der Waals surface area (Å²) in [5, 5.41) is 0. The van der Waals surface area contributed by atoms with Crippen LogP contribution in [0.3, 0.4) is 0 Å². The van der Waals surface area contributed by atoms with Crippen LogP contribution in [0.2, 0.25) is 0 Å². The molecule has 1 aromatic heterocycles. The van der Waals surface area contributed by atoms with Gasteiger partial charge in [-0.2, -0.15) is 4.99 Å². The summed E-state index contributed by atoms with van der Waals surface area (Å²) in [7, 11) is 0. The molecule has 0 atom stereocenters. The molecule has 0 bridgehead atoms. The van der Waals surface area contributed by atoms with Gasteiger partial charge in [0.2, 0.25) is 0 Å². The normalized spacial score (nSPS) is 16.7. The summed E-state index contributed by atoms with van der Waals surface area (Å²) in [6, 6.07) is 4.29. The Morgan fingerprint density at radius 3 is 2.78 bits per heavy atom. The molecule has 3 rings (SSSR count). The van der Waals surface area contributed by atoms with Crippen molar-refractivity contribution >= 4 is 27.5 Å². The van der Waals surface area contributed by atoms with Gasteiger partial charge < -0.3 is 4.57 Å². The zero-order chi connectivity index (χ0) is 16.4. The zero-order valence-electron chi connectivity index (χ0n) is 13.8. The second kappa shape index (κ2) is 6.72. The van der Waals surface area contributed by atoms with Gasteiger partial charge >= 0.3 is 0 Å². The van der Waals surface area contributed by atoms with E-state index in [0.717, 1.165) is 40.7 Å². The number of hydrogen-bond acceptors (Lipinski definition) is 2. The highest BCUT2D eigenvalue weighted by molar-refractivity contribution is 7.16. The van der Waals surface area contributed by atoms with Crippen molar-refractivity contribution in [1.29, 1.82) is 0 Å². The molecule has 0 unspecified atom stereocenters. The highest BCUT2D eigenvalue weighted by Crippen LogP contribution is 2.26. The second-order valence-corrected chi connectivity index (χ2v) is 7.40. The second-order valence-electron chi connectivity index (χ2n) is 6.39. The maximum atomic E-state index is 12.5. The van der Waals surface area contributed by atoms with Crippen molar-refractivity contribution < 1.29 is 4.79 Å². The van der Waals surface area contributed by atoms with Gasteiger partial charge in [-0.15, -0.1) is 6.42 Å². The molecule has 2 aromatic rings. The van der Waals surface area contributed by atoms with Crippen molar-refractivity contribution in [2.24, 2.45) is 10.9 Å². The van der Waals surface area contributed by atoms with Crippen LogP contribution >= 0.6 is 11.3 Å². The van der Waals surface area contributed by atoms with Gasteiger partial charge in [-0.05, 0) is 43.9 Å². The first kappa shape index (κ1) is 16.0. The molecular formula is C19H22N2OS. The Hall–Kier alpha value is -1.86. The first-order valence-electron chi connectivity index (χ1n) is 8.23. The zero-order valence-corrected chi connectivity index (χ0v) is 14.6. The highest BCUT2D eigenvalue weighted by Gasteiger charge is 2.21. The van der Waals surface area contributed by atoms with Crippen LogP contribution in [-0.4, -0.2) is 10.5 Å². The average Bonchev–Trinajstić information content (AvgIpc) is 2.86. The first-order chi connectivity index (χ1) is 11.1. The smallest absolute Gasteiger partial charge is 0.251 e. The number of hydrogen-bond donors (Lipinski definition) is 0. The molecule has 120 valence electrons. The fraction of sp³-hybridized carbons (Fsp3) is 0.474. The quantitative estimate of drug-likeness (QED) is 0.769. The maximum Gasteiger partial charge on any atom is 0.251 e. The van der Waals surface area contributed by atoms with E-state index >= 15 is 0 Å². The molecule has 1 amide bonds. The van der Waals surface area contributed by atoms with Crippen molar-refractivity contribution in [2.75, 3.05) is 0 Å². The lowest BCUT2D eigenvalue weighted by Gasteiger charge is -2.17. The minimum atomic E-state index is 0.0244. The van der Waals surface area contributed by atoms with E-state index in [1.165, 1.54) is 17.5 Å². The lowest BCUT2D eigenvalue weighted by Crippen LogP contribution is -2.22. The molecule has 0 spiro atoms. The van der Waals surface area contributed by atoms with Gasteiger partial charge in [0.25, 0.3) is 5.91 Å². The summed E-state index contributed by atoms with van der Waals surface area (Å²) >= 11 is 1.56. The van der Waals surface area contributed by atoms with Gasteiger partial charge in [0, 0.05) is 5.92 Å². The number of carbonyl (C=O) groups excluding carboxylic acids is 1. The molecule has 0 aliphatic heterocycles. The molecule has 3 nitrogen and oxygen atoms in total. The summed E-state index contributed by atoms with van der Waals surface area (Å²) < 4.78 is 3.16. The van der Waals surface area contributed by atoms with Crippen molar-refractivity contribution in [3.63, 3.8) is 0 Å². The Balaban J connectivity index is 2.10. The van der Waals surface area contributed by atoms with Gasteiger partial charge in [-0.25, -0.2) is 0 Å². The van der Waals surface area contributed by atoms with Gasteiger partial charge in [-0.1, -0.05) is 42.6 Å². The summed E-state index contributed by atoms with van der Waals surface area (Å²) in [6.45, 7) is 4.62. The van der Waals surface area contributed by atoms with E-state index < -0.39 is 0 Å². The molecule has 1 aromatic carbocycles. The number of nitrogens with zero attached hydrogens (tertiary/aromatic N) is 2. The van der Waals surface area contributed by atoms with Crippen LogP contribution in [0.5, 0.6) is 0 Å². The van der Waals surface area contributed by atoms with Crippen LogP contribution in [0.15, 0.2) is 17.1 Å². The summed E-state index contributed by atoms with van der Waals surface area (Å²) in [5.74, 6) is 2.81.